The molecule has 1 unspecified atom stereocenters. The van der Waals surface area contributed by atoms with Crippen LogP contribution in [0.4, 0.5) is 4.79 Å². The van der Waals surface area contributed by atoms with E-state index in [1.165, 1.54) is 4.90 Å². The van der Waals surface area contributed by atoms with Crippen LogP contribution in [0.25, 0.3) is 0 Å². The maximum Gasteiger partial charge on any atom is 0.323 e. The van der Waals surface area contributed by atoms with Crippen molar-refractivity contribution in [2.24, 2.45) is 0 Å². The van der Waals surface area contributed by atoms with Gasteiger partial charge in [-0.25, -0.2) is 4.79 Å². The first-order chi connectivity index (χ1) is 4.61. The van der Waals surface area contributed by atoms with Gasteiger partial charge in [0.25, 0.3) is 0 Å². The minimum Gasteiger partial charge on any atom is -0.326 e. The maximum atomic E-state index is 10.8. The van der Waals surface area contributed by atoms with Gasteiger partial charge in [0.15, 0.2) is 0 Å². The standard InChI is InChI=1S/C5H7IN2O2/c1-8-2-3(6)4(9)7-5(8)10/h3H,2H2,1H3,(H,7,9,10). The summed E-state index contributed by atoms with van der Waals surface area (Å²) in [6.45, 7) is 0.505. The van der Waals surface area contributed by atoms with E-state index < -0.39 is 0 Å². The highest BCUT2D eigenvalue weighted by Crippen LogP contribution is 2.07. The first kappa shape index (κ1) is 7.77. The van der Waals surface area contributed by atoms with Gasteiger partial charge in [-0.2, -0.15) is 0 Å². The Morgan fingerprint density at radius 3 is 2.80 bits per heavy atom. The van der Waals surface area contributed by atoms with Crippen molar-refractivity contribution in [3.05, 3.63) is 0 Å². The average molecular weight is 254 g/mol. The molecule has 0 radical (unpaired) electrons. The maximum absolute atomic E-state index is 10.8. The topological polar surface area (TPSA) is 49.4 Å². The summed E-state index contributed by atoms with van der Waals surface area (Å²) in [4.78, 5) is 23.0. The number of imide groups is 1. The van der Waals surface area contributed by atoms with Gasteiger partial charge in [-0.05, 0) is 0 Å². The van der Waals surface area contributed by atoms with Gasteiger partial charge in [-0.15, -0.1) is 0 Å². The highest BCUT2D eigenvalue weighted by Gasteiger charge is 2.27. The molecule has 0 aromatic heterocycles. The lowest BCUT2D eigenvalue weighted by Gasteiger charge is -2.25. The normalized spacial score (nSPS) is 26.6. The average Bonchev–Trinajstić information content (AvgIpc) is 1.84. The summed E-state index contributed by atoms with van der Waals surface area (Å²) in [7, 11) is 1.66. The van der Waals surface area contributed by atoms with E-state index in [1.807, 2.05) is 22.6 Å². The fourth-order valence-electron chi connectivity index (χ4n) is 0.685. The zero-order valence-corrected chi connectivity index (χ0v) is 7.58. The minimum atomic E-state index is -0.307. The zero-order chi connectivity index (χ0) is 7.72. The summed E-state index contributed by atoms with van der Waals surface area (Å²) in [5, 5.41) is 2.22. The molecule has 10 heavy (non-hydrogen) atoms. The molecule has 1 heterocycles. The molecule has 0 spiro atoms. The van der Waals surface area contributed by atoms with Crippen molar-refractivity contribution in [3.63, 3.8) is 0 Å². The number of carbonyl (C=O) groups excluding carboxylic acids is 2. The molecule has 1 atom stereocenters. The third kappa shape index (κ3) is 1.39. The second-order valence-corrected chi connectivity index (χ2v) is 3.65. The van der Waals surface area contributed by atoms with Crippen LogP contribution in [0.15, 0.2) is 0 Å². The van der Waals surface area contributed by atoms with E-state index in [1.54, 1.807) is 7.05 Å². The molecule has 0 saturated carbocycles. The quantitative estimate of drug-likeness (QED) is 0.487. The van der Waals surface area contributed by atoms with Crippen LogP contribution in [-0.4, -0.2) is 34.4 Å². The van der Waals surface area contributed by atoms with Crippen molar-refractivity contribution < 1.29 is 9.59 Å². The summed E-state index contributed by atoms with van der Waals surface area (Å²) in [5.41, 5.74) is 0. The Balaban J connectivity index is 2.63. The molecule has 5 heteroatoms. The van der Waals surface area contributed by atoms with Gasteiger partial charge in [0.2, 0.25) is 5.91 Å². The van der Waals surface area contributed by atoms with Crippen LogP contribution in [0.2, 0.25) is 0 Å². The number of rotatable bonds is 0. The Morgan fingerprint density at radius 1 is 1.70 bits per heavy atom. The molecule has 1 rings (SSSR count). The molecule has 1 aliphatic heterocycles. The summed E-state index contributed by atoms with van der Waals surface area (Å²) in [5.74, 6) is -0.191. The highest BCUT2D eigenvalue weighted by molar-refractivity contribution is 14.1. The molecule has 0 bridgehead atoms. The van der Waals surface area contributed by atoms with Crippen LogP contribution in [0.5, 0.6) is 0 Å². The van der Waals surface area contributed by atoms with Crippen LogP contribution in [0.3, 0.4) is 0 Å². The Labute approximate surface area is 72.1 Å². The SMILES string of the molecule is CN1CC(I)C(=O)NC1=O. The Hall–Kier alpha value is -0.330. The molecular weight excluding hydrogens is 247 g/mol. The van der Waals surface area contributed by atoms with Gasteiger partial charge in [0.1, 0.15) is 3.92 Å². The van der Waals surface area contributed by atoms with E-state index in [-0.39, 0.29) is 15.9 Å². The summed E-state index contributed by atoms with van der Waals surface area (Å²) >= 11 is 2.00. The third-order valence-electron chi connectivity index (χ3n) is 1.30. The summed E-state index contributed by atoms with van der Waals surface area (Å²) in [6.07, 6.45) is 0. The number of hydrogen-bond donors (Lipinski definition) is 1. The number of hydrogen-bond acceptors (Lipinski definition) is 2. The van der Waals surface area contributed by atoms with Gasteiger partial charge >= 0.3 is 6.03 Å². The van der Waals surface area contributed by atoms with Gasteiger partial charge in [0, 0.05) is 13.6 Å². The molecule has 1 saturated heterocycles. The Morgan fingerprint density at radius 2 is 2.30 bits per heavy atom. The van der Waals surface area contributed by atoms with E-state index in [0.717, 1.165) is 0 Å². The molecule has 56 valence electrons. The fourth-order valence-corrected chi connectivity index (χ4v) is 1.43. The van der Waals surface area contributed by atoms with Crippen molar-refractivity contribution in [2.75, 3.05) is 13.6 Å². The van der Waals surface area contributed by atoms with Crippen molar-refractivity contribution in [3.8, 4) is 0 Å². The van der Waals surface area contributed by atoms with Crippen molar-refractivity contribution >= 4 is 34.5 Å². The number of nitrogens with one attached hydrogen (secondary N) is 1. The fraction of sp³-hybridized carbons (Fsp3) is 0.600. The van der Waals surface area contributed by atoms with Crippen LogP contribution in [0.1, 0.15) is 0 Å². The van der Waals surface area contributed by atoms with Crippen LogP contribution in [-0.2, 0) is 4.79 Å². The van der Waals surface area contributed by atoms with E-state index in [4.69, 9.17) is 0 Å². The van der Waals surface area contributed by atoms with E-state index in [2.05, 4.69) is 5.32 Å². The van der Waals surface area contributed by atoms with E-state index in [0.29, 0.717) is 6.54 Å². The monoisotopic (exact) mass is 254 g/mol. The van der Waals surface area contributed by atoms with Crippen LogP contribution < -0.4 is 5.32 Å². The molecule has 0 aromatic rings. The van der Waals surface area contributed by atoms with Crippen molar-refractivity contribution in [1.29, 1.82) is 0 Å². The van der Waals surface area contributed by atoms with Crippen LogP contribution in [0, 0.1) is 0 Å². The predicted octanol–water partition coefficient (Wildman–Crippen LogP) is -0.0284. The van der Waals surface area contributed by atoms with Gasteiger partial charge in [-0.1, -0.05) is 22.6 Å². The molecule has 1 aliphatic rings. The molecule has 3 amide bonds. The van der Waals surface area contributed by atoms with Crippen molar-refractivity contribution in [2.45, 2.75) is 3.92 Å². The summed E-state index contributed by atoms with van der Waals surface area (Å²) in [6, 6.07) is -0.307. The number of nitrogens with zero attached hydrogens (tertiary/aromatic N) is 1. The molecule has 0 aliphatic carbocycles. The first-order valence-corrected chi connectivity index (χ1v) is 4.06. The number of amides is 3. The van der Waals surface area contributed by atoms with E-state index >= 15 is 0 Å². The van der Waals surface area contributed by atoms with Gasteiger partial charge in [-0.3, -0.25) is 10.1 Å². The minimum absolute atomic E-state index is 0.111. The smallest absolute Gasteiger partial charge is 0.323 e. The molecule has 1 fully saturated rings. The highest BCUT2D eigenvalue weighted by atomic mass is 127. The molecular formula is C5H7IN2O2. The zero-order valence-electron chi connectivity index (χ0n) is 5.43. The molecule has 0 aromatic carbocycles. The third-order valence-corrected chi connectivity index (χ3v) is 2.26. The van der Waals surface area contributed by atoms with Crippen molar-refractivity contribution in [1.82, 2.24) is 10.2 Å². The lowest BCUT2D eigenvalue weighted by molar-refractivity contribution is -0.120. The summed E-state index contributed by atoms with van der Waals surface area (Å²) < 4.78 is -0.111. The molecule has 1 N–H and O–H groups in total. The lowest BCUT2D eigenvalue weighted by Crippen LogP contribution is -2.53. The van der Waals surface area contributed by atoms with Gasteiger partial charge in [0.05, 0.1) is 0 Å². The Bertz CT molecular complexity index is 164. The predicted molar refractivity (Wildman–Crippen MR) is 44.0 cm³/mol. The second-order valence-electron chi connectivity index (χ2n) is 2.14. The number of alkyl halides is 1. The largest absolute Gasteiger partial charge is 0.326 e. The first-order valence-electron chi connectivity index (χ1n) is 2.81. The number of urea groups is 1. The number of carbonyl (C=O) groups is 2. The van der Waals surface area contributed by atoms with E-state index in [9.17, 15) is 9.59 Å². The molecule has 4 nitrogen and oxygen atoms in total. The second kappa shape index (κ2) is 2.73. The van der Waals surface area contributed by atoms with Crippen LogP contribution >= 0.6 is 22.6 Å². The lowest BCUT2D eigenvalue weighted by atomic mass is 10.3. The number of halogens is 1. The Kier molecular flexibility index (Phi) is 2.12. The van der Waals surface area contributed by atoms with Gasteiger partial charge < -0.3 is 4.90 Å².